The molecule has 0 N–H and O–H groups in total. The Hall–Kier alpha value is -2.19. The van der Waals surface area contributed by atoms with Gasteiger partial charge in [0.1, 0.15) is 0 Å². The molecule has 0 radical (unpaired) electrons. The summed E-state index contributed by atoms with van der Waals surface area (Å²) in [5.74, 6) is 0. The summed E-state index contributed by atoms with van der Waals surface area (Å²) in [4.78, 5) is 13.9. The highest BCUT2D eigenvalue weighted by atomic mass is 35.5. The zero-order valence-electron chi connectivity index (χ0n) is 11.1. The van der Waals surface area contributed by atoms with Crippen LogP contribution in [0.25, 0.3) is 0 Å². The predicted octanol–water partition coefficient (Wildman–Crippen LogP) is 2.39. The number of anilines is 1. The lowest BCUT2D eigenvalue weighted by molar-refractivity contribution is -0.387. The van der Waals surface area contributed by atoms with Gasteiger partial charge in [0, 0.05) is 30.0 Å². The fraction of sp³-hybridized carbons (Fsp3) is 0.154. The van der Waals surface area contributed by atoms with Crippen LogP contribution in [-0.4, -0.2) is 24.9 Å². The SMILES string of the molecule is O=[N+]([O-])c1ccc(Cl)cc1S(=O)(=O)N1CCc2cnccc21. The molecule has 0 amide bonds. The summed E-state index contributed by atoms with van der Waals surface area (Å²) in [6.07, 6.45) is 3.59. The van der Waals surface area contributed by atoms with Crippen molar-refractivity contribution in [1.82, 2.24) is 4.98 Å². The highest BCUT2D eigenvalue weighted by molar-refractivity contribution is 7.93. The molecule has 0 unspecified atom stereocenters. The first-order valence-electron chi connectivity index (χ1n) is 6.31. The molecule has 0 spiro atoms. The number of benzene rings is 1. The van der Waals surface area contributed by atoms with Crippen molar-refractivity contribution < 1.29 is 13.3 Å². The number of hydrogen-bond donors (Lipinski definition) is 0. The van der Waals surface area contributed by atoms with Crippen LogP contribution in [0.5, 0.6) is 0 Å². The quantitative estimate of drug-likeness (QED) is 0.632. The summed E-state index contributed by atoms with van der Waals surface area (Å²) in [5.41, 5.74) is 0.784. The lowest BCUT2D eigenvalue weighted by Crippen LogP contribution is -2.29. The third-order valence-electron chi connectivity index (χ3n) is 3.42. The van der Waals surface area contributed by atoms with E-state index in [4.69, 9.17) is 11.6 Å². The Morgan fingerprint density at radius 3 is 2.82 bits per heavy atom. The number of hydrogen-bond acceptors (Lipinski definition) is 5. The van der Waals surface area contributed by atoms with Crippen LogP contribution in [0.15, 0.2) is 41.6 Å². The molecule has 2 heterocycles. The van der Waals surface area contributed by atoms with Crippen molar-refractivity contribution in [1.29, 1.82) is 0 Å². The summed E-state index contributed by atoms with van der Waals surface area (Å²) in [6.45, 7) is 0.215. The van der Waals surface area contributed by atoms with Crippen LogP contribution in [0, 0.1) is 10.1 Å². The molecule has 7 nitrogen and oxygen atoms in total. The summed E-state index contributed by atoms with van der Waals surface area (Å²) < 4.78 is 26.8. The molecule has 0 saturated carbocycles. The van der Waals surface area contributed by atoms with Crippen molar-refractivity contribution in [3.63, 3.8) is 0 Å². The largest absolute Gasteiger partial charge is 0.289 e. The Balaban J connectivity index is 2.17. The van der Waals surface area contributed by atoms with E-state index < -0.39 is 25.5 Å². The van der Waals surface area contributed by atoms with Crippen LogP contribution in [0.4, 0.5) is 11.4 Å². The summed E-state index contributed by atoms with van der Waals surface area (Å²) in [6, 6.07) is 5.07. The van der Waals surface area contributed by atoms with Gasteiger partial charge in [-0.25, -0.2) is 8.42 Å². The molecule has 22 heavy (non-hydrogen) atoms. The maximum Gasteiger partial charge on any atom is 0.289 e. The van der Waals surface area contributed by atoms with Crippen molar-refractivity contribution in [2.24, 2.45) is 0 Å². The van der Waals surface area contributed by atoms with E-state index in [9.17, 15) is 18.5 Å². The fourth-order valence-electron chi connectivity index (χ4n) is 2.41. The maximum absolute atomic E-state index is 12.8. The van der Waals surface area contributed by atoms with Crippen molar-refractivity contribution in [2.45, 2.75) is 11.3 Å². The molecule has 0 saturated heterocycles. The number of sulfonamides is 1. The predicted molar refractivity (Wildman–Crippen MR) is 80.6 cm³/mol. The fourth-order valence-corrected chi connectivity index (χ4v) is 4.34. The highest BCUT2D eigenvalue weighted by Gasteiger charge is 2.35. The first-order chi connectivity index (χ1) is 10.4. The van der Waals surface area contributed by atoms with E-state index in [2.05, 4.69) is 4.98 Å². The normalized spacial score (nSPS) is 14.0. The van der Waals surface area contributed by atoms with Gasteiger partial charge in [0.05, 0.1) is 10.6 Å². The second-order valence-corrected chi connectivity index (χ2v) is 6.97. The van der Waals surface area contributed by atoms with E-state index in [1.165, 1.54) is 12.3 Å². The minimum atomic E-state index is -4.07. The molecular formula is C13H10ClN3O4S. The van der Waals surface area contributed by atoms with E-state index in [0.29, 0.717) is 12.1 Å². The molecule has 114 valence electrons. The molecule has 1 aliphatic heterocycles. The van der Waals surface area contributed by atoms with Gasteiger partial charge in [0.15, 0.2) is 4.90 Å². The van der Waals surface area contributed by atoms with E-state index in [-0.39, 0.29) is 11.6 Å². The first kappa shape index (κ1) is 14.7. The number of pyridine rings is 1. The van der Waals surface area contributed by atoms with E-state index >= 15 is 0 Å². The summed E-state index contributed by atoms with van der Waals surface area (Å²) in [5, 5.41) is 11.2. The molecule has 3 rings (SSSR count). The molecule has 1 aliphatic rings. The van der Waals surface area contributed by atoms with Crippen LogP contribution in [0.2, 0.25) is 5.02 Å². The number of halogens is 1. The van der Waals surface area contributed by atoms with Crippen LogP contribution in [0.3, 0.4) is 0 Å². The Kier molecular flexibility index (Phi) is 3.50. The molecule has 2 aromatic rings. The zero-order chi connectivity index (χ0) is 15.9. The topological polar surface area (TPSA) is 93.4 Å². The maximum atomic E-state index is 12.8. The molecule has 0 aliphatic carbocycles. The highest BCUT2D eigenvalue weighted by Crippen LogP contribution is 2.36. The Morgan fingerprint density at radius 2 is 2.09 bits per heavy atom. The molecule has 0 fully saturated rings. The third-order valence-corrected chi connectivity index (χ3v) is 5.49. The second kappa shape index (κ2) is 5.22. The Labute approximate surface area is 131 Å². The van der Waals surface area contributed by atoms with Gasteiger partial charge in [0.25, 0.3) is 15.7 Å². The molecular weight excluding hydrogens is 330 g/mol. The zero-order valence-corrected chi connectivity index (χ0v) is 12.7. The summed E-state index contributed by atoms with van der Waals surface area (Å²) in [7, 11) is -4.07. The van der Waals surface area contributed by atoms with Crippen LogP contribution >= 0.6 is 11.6 Å². The minimum Gasteiger partial charge on any atom is -0.265 e. The standard InChI is InChI=1S/C13H10ClN3O4S/c14-10-1-2-12(17(18)19)13(7-10)22(20,21)16-6-4-9-8-15-5-3-11(9)16/h1-3,5,7-8H,4,6H2. The number of aromatic nitrogens is 1. The minimum absolute atomic E-state index is 0.123. The van der Waals surface area contributed by atoms with Crippen LogP contribution < -0.4 is 4.31 Å². The van der Waals surface area contributed by atoms with Gasteiger partial charge < -0.3 is 0 Å². The van der Waals surface area contributed by atoms with Gasteiger partial charge in [-0.3, -0.25) is 19.4 Å². The van der Waals surface area contributed by atoms with Gasteiger partial charge >= 0.3 is 0 Å². The molecule has 1 aromatic carbocycles. The van der Waals surface area contributed by atoms with Crippen LogP contribution in [0.1, 0.15) is 5.56 Å². The van der Waals surface area contributed by atoms with E-state index in [1.54, 1.807) is 12.3 Å². The summed E-state index contributed by atoms with van der Waals surface area (Å²) >= 11 is 5.82. The third kappa shape index (κ3) is 2.30. The lowest BCUT2D eigenvalue weighted by Gasteiger charge is -2.19. The number of nitro groups is 1. The average Bonchev–Trinajstić information content (AvgIpc) is 2.91. The number of rotatable bonds is 3. The van der Waals surface area contributed by atoms with E-state index in [0.717, 1.165) is 22.0 Å². The van der Waals surface area contributed by atoms with Gasteiger partial charge in [-0.15, -0.1) is 0 Å². The number of fused-ring (bicyclic) bond motifs is 1. The average molecular weight is 340 g/mol. The smallest absolute Gasteiger partial charge is 0.265 e. The van der Waals surface area contributed by atoms with Crippen LogP contribution in [-0.2, 0) is 16.4 Å². The number of nitro benzene ring substituents is 1. The number of nitrogens with zero attached hydrogens (tertiary/aromatic N) is 3. The van der Waals surface area contributed by atoms with Gasteiger partial charge in [-0.1, -0.05) is 11.6 Å². The lowest BCUT2D eigenvalue weighted by atomic mass is 10.2. The molecule has 1 aromatic heterocycles. The Bertz CT molecular complexity index is 869. The Morgan fingerprint density at radius 1 is 1.32 bits per heavy atom. The second-order valence-electron chi connectivity index (χ2n) is 4.70. The van der Waals surface area contributed by atoms with Gasteiger partial charge in [0.2, 0.25) is 0 Å². The van der Waals surface area contributed by atoms with Crippen molar-refractivity contribution >= 4 is 33.0 Å². The monoisotopic (exact) mass is 339 g/mol. The van der Waals surface area contributed by atoms with Crippen molar-refractivity contribution in [2.75, 3.05) is 10.8 Å². The van der Waals surface area contributed by atoms with Crippen molar-refractivity contribution in [3.8, 4) is 0 Å². The first-order valence-corrected chi connectivity index (χ1v) is 8.12. The van der Waals surface area contributed by atoms with Gasteiger partial charge in [-0.05, 0) is 30.2 Å². The molecule has 9 heteroatoms. The van der Waals surface area contributed by atoms with Crippen molar-refractivity contribution in [3.05, 3.63) is 57.4 Å². The molecule has 0 atom stereocenters. The molecule has 0 bridgehead atoms. The van der Waals surface area contributed by atoms with E-state index in [1.807, 2.05) is 0 Å². The van der Waals surface area contributed by atoms with Gasteiger partial charge in [-0.2, -0.15) is 0 Å².